The molecule has 25 heavy (non-hydrogen) atoms. The van der Waals surface area contributed by atoms with Gasteiger partial charge in [0.2, 0.25) is 5.91 Å². The second kappa shape index (κ2) is 7.72. The van der Waals surface area contributed by atoms with Crippen molar-refractivity contribution in [1.29, 1.82) is 0 Å². The summed E-state index contributed by atoms with van der Waals surface area (Å²) in [4.78, 5) is 24.3. The van der Waals surface area contributed by atoms with Crippen molar-refractivity contribution in [3.8, 4) is 0 Å². The predicted molar refractivity (Wildman–Crippen MR) is 96.9 cm³/mol. The lowest BCUT2D eigenvalue weighted by Crippen LogP contribution is -2.30. The standard InChI is InChI=1S/C20H26N2O3/c1-3-18-17(5-4-12-25-18)20(24)21-13(2)14-8-10-16(11-9-14)22-19(23)15-6-7-15/h8-11,13,15H,3-7,12H2,1-2H3,(H,21,24)(H,22,23). The largest absolute Gasteiger partial charge is 0.497 e. The molecule has 0 aromatic heterocycles. The number of anilines is 1. The van der Waals surface area contributed by atoms with Crippen LogP contribution in [0.1, 0.15) is 57.6 Å². The van der Waals surface area contributed by atoms with E-state index in [2.05, 4.69) is 10.6 Å². The first kappa shape index (κ1) is 17.5. The van der Waals surface area contributed by atoms with Crippen molar-refractivity contribution in [2.45, 2.75) is 52.0 Å². The lowest BCUT2D eigenvalue weighted by atomic mass is 10.0. The van der Waals surface area contributed by atoms with Crippen LogP contribution in [0.3, 0.4) is 0 Å². The third kappa shape index (κ3) is 4.41. The summed E-state index contributed by atoms with van der Waals surface area (Å²) in [6.07, 6.45) is 4.38. The highest BCUT2D eigenvalue weighted by atomic mass is 16.5. The van der Waals surface area contributed by atoms with Crippen molar-refractivity contribution in [3.63, 3.8) is 0 Å². The molecule has 2 aliphatic rings. The van der Waals surface area contributed by atoms with Gasteiger partial charge in [0.25, 0.3) is 5.91 Å². The summed E-state index contributed by atoms with van der Waals surface area (Å²) in [7, 11) is 0. The molecule has 1 aromatic rings. The Labute approximate surface area is 148 Å². The van der Waals surface area contributed by atoms with Gasteiger partial charge in [-0.2, -0.15) is 0 Å². The van der Waals surface area contributed by atoms with Gasteiger partial charge in [-0.1, -0.05) is 19.1 Å². The third-order valence-electron chi connectivity index (χ3n) is 4.75. The first-order chi connectivity index (χ1) is 12.1. The molecular formula is C20H26N2O3. The van der Waals surface area contributed by atoms with Gasteiger partial charge in [-0.3, -0.25) is 9.59 Å². The number of amides is 2. The van der Waals surface area contributed by atoms with E-state index in [1.54, 1.807) is 0 Å². The highest BCUT2D eigenvalue weighted by Crippen LogP contribution is 2.30. The Bertz CT molecular complexity index is 675. The summed E-state index contributed by atoms with van der Waals surface area (Å²) in [6, 6.07) is 7.56. The van der Waals surface area contributed by atoms with Gasteiger partial charge in [-0.15, -0.1) is 0 Å². The van der Waals surface area contributed by atoms with Crippen molar-refractivity contribution < 1.29 is 14.3 Å². The molecule has 1 heterocycles. The number of ether oxygens (including phenoxy) is 1. The van der Waals surface area contributed by atoms with Crippen LogP contribution in [0.5, 0.6) is 0 Å². The molecule has 1 aliphatic heterocycles. The average molecular weight is 342 g/mol. The number of hydrogen-bond acceptors (Lipinski definition) is 3. The highest BCUT2D eigenvalue weighted by molar-refractivity contribution is 5.94. The zero-order valence-electron chi connectivity index (χ0n) is 14.9. The molecule has 0 spiro atoms. The number of benzene rings is 1. The fourth-order valence-electron chi connectivity index (χ4n) is 3.04. The Morgan fingerprint density at radius 1 is 1.24 bits per heavy atom. The zero-order chi connectivity index (χ0) is 17.8. The number of carbonyl (C=O) groups excluding carboxylic acids is 2. The predicted octanol–water partition coefficient (Wildman–Crippen LogP) is 3.69. The quantitative estimate of drug-likeness (QED) is 0.828. The minimum atomic E-state index is -0.104. The van der Waals surface area contributed by atoms with Gasteiger partial charge in [0.1, 0.15) is 5.76 Å². The Hall–Kier alpha value is -2.30. The van der Waals surface area contributed by atoms with Crippen LogP contribution in [-0.2, 0) is 14.3 Å². The molecule has 1 fully saturated rings. The maximum absolute atomic E-state index is 12.5. The van der Waals surface area contributed by atoms with Crippen LogP contribution >= 0.6 is 0 Å². The fourth-order valence-corrected chi connectivity index (χ4v) is 3.04. The summed E-state index contributed by atoms with van der Waals surface area (Å²) in [5.41, 5.74) is 2.58. The van der Waals surface area contributed by atoms with Crippen molar-refractivity contribution in [3.05, 3.63) is 41.2 Å². The molecule has 2 N–H and O–H groups in total. The van der Waals surface area contributed by atoms with Gasteiger partial charge in [0.05, 0.1) is 18.2 Å². The van der Waals surface area contributed by atoms with Gasteiger partial charge in [0, 0.05) is 18.0 Å². The van der Waals surface area contributed by atoms with Crippen LogP contribution in [0.15, 0.2) is 35.6 Å². The topological polar surface area (TPSA) is 67.4 Å². The van der Waals surface area contributed by atoms with Crippen LogP contribution in [-0.4, -0.2) is 18.4 Å². The number of allylic oxidation sites excluding steroid dienone is 1. The summed E-state index contributed by atoms with van der Waals surface area (Å²) < 4.78 is 5.60. The molecule has 0 radical (unpaired) electrons. The average Bonchev–Trinajstić information content (AvgIpc) is 3.47. The normalized spacial score (nSPS) is 18.3. The van der Waals surface area contributed by atoms with Crippen LogP contribution in [0.4, 0.5) is 5.69 Å². The van der Waals surface area contributed by atoms with E-state index in [1.165, 1.54) is 0 Å². The molecule has 0 bridgehead atoms. The monoisotopic (exact) mass is 342 g/mol. The lowest BCUT2D eigenvalue weighted by molar-refractivity contribution is -0.119. The summed E-state index contributed by atoms with van der Waals surface area (Å²) in [6.45, 7) is 4.67. The van der Waals surface area contributed by atoms with E-state index >= 15 is 0 Å². The molecule has 1 aliphatic carbocycles. The van der Waals surface area contributed by atoms with Gasteiger partial charge >= 0.3 is 0 Å². The van der Waals surface area contributed by atoms with E-state index < -0.39 is 0 Å². The van der Waals surface area contributed by atoms with Crippen molar-refractivity contribution >= 4 is 17.5 Å². The summed E-state index contributed by atoms with van der Waals surface area (Å²) >= 11 is 0. The number of nitrogens with one attached hydrogen (secondary N) is 2. The Morgan fingerprint density at radius 3 is 2.60 bits per heavy atom. The van der Waals surface area contributed by atoms with Gasteiger partial charge < -0.3 is 15.4 Å². The third-order valence-corrected chi connectivity index (χ3v) is 4.75. The van der Waals surface area contributed by atoms with E-state index in [0.29, 0.717) is 6.61 Å². The van der Waals surface area contributed by atoms with Crippen LogP contribution in [0.2, 0.25) is 0 Å². The molecule has 5 nitrogen and oxygen atoms in total. The van der Waals surface area contributed by atoms with E-state index in [9.17, 15) is 9.59 Å². The molecule has 2 amide bonds. The molecule has 1 unspecified atom stereocenters. The maximum Gasteiger partial charge on any atom is 0.251 e. The smallest absolute Gasteiger partial charge is 0.251 e. The molecule has 1 atom stereocenters. The van der Waals surface area contributed by atoms with E-state index in [4.69, 9.17) is 4.74 Å². The first-order valence-corrected chi connectivity index (χ1v) is 9.15. The molecular weight excluding hydrogens is 316 g/mol. The SMILES string of the molecule is CCC1=C(C(=O)NC(C)c2ccc(NC(=O)C3CC3)cc2)CCCO1. The maximum atomic E-state index is 12.5. The Morgan fingerprint density at radius 2 is 1.96 bits per heavy atom. The van der Waals surface area contributed by atoms with Crippen LogP contribution < -0.4 is 10.6 Å². The van der Waals surface area contributed by atoms with Gasteiger partial charge in [0.15, 0.2) is 0 Å². The molecule has 1 aromatic carbocycles. The minimum Gasteiger partial charge on any atom is -0.497 e. The molecule has 5 heteroatoms. The van der Waals surface area contributed by atoms with Crippen molar-refractivity contribution in [1.82, 2.24) is 5.32 Å². The zero-order valence-corrected chi connectivity index (χ0v) is 14.9. The molecule has 3 rings (SSSR count). The number of carbonyl (C=O) groups is 2. The van der Waals surface area contributed by atoms with E-state index in [1.807, 2.05) is 38.1 Å². The number of hydrogen-bond donors (Lipinski definition) is 2. The Kier molecular flexibility index (Phi) is 5.41. The molecule has 0 saturated heterocycles. The van der Waals surface area contributed by atoms with Crippen LogP contribution in [0, 0.1) is 5.92 Å². The first-order valence-electron chi connectivity index (χ1n) is 9.15. The van der Waals surface area contributed by atoms with Crippen molar-refractivity contribution in [2.75, 3.05) is 11.9 Å². The Balaban J connectivity index is 1.60. The second-order valence-electron chi connectivity index (χ2n) is 6.79. The minimum absolute atomic E-state index is 0.0461. The van der Waals surface area contributed by atoms with E-state index in [-0.39, 0.29) is 23.8 Å². The highest BCUT2D eigenvalue weighted by Gasteiger charge is 2.29. The summed E-state index contributed by atoms with van der Waals surface area (Å²) in [5.74, 6) is 1.06. The second-order valence-corrected chi connectivity index (χ2v) is 6.79. The van der Waals surface area contributed by atoms with Crippen molar-refractivity contribution in [2.24, 2.45) is 5.92 Å². The summed E-state index contributed by atoms with van der Waals surface area (Å²) in [5, 5.41) is 5.98. The fraction of sp³-hybridized carbons (Fsp3) is 0.500. The van der Waals surface area contributed by atoms with E-state index in [0.717, 1.165) is 54.7 Å². The molecule has 1 saturated carbocycles. The van der Waals surface area contributed by atoms with Crippen LogP contribution in [0.25, 0.3) is 0 Å². The van der Waals surface area contributed by atoms with Gasteiger partial charge in [-0.25, -0.2) is 0 Å². The lowest BCUT2D eigenvalue weighted by Gasteiger charge is -2.22. The van der Waals surface area contributed by atoms with Gasteiger partial charge in [-0.05, 0) is 50.3 Å². The molecule has 134 valence electrons. The number of rotatable bonds is 6.